The second-order valence-electron chi connectivity index (χ2n) is 10.4. The van der Waals surface area contributed by atoms with Crippen molar-refractivity contribution < 1.29 is 34.8 Å². The summed E-state index contributed by atoms with van der Waals surface area (Å²) in [7, 11) is 0. The van der Waals surface area contributed by atoms with Crippen LogP contribution in [0.2, 0.25) is 0 Å². The lowest BCUT2D eigenvalue weighted by molar-refractivity contribution is -0.282. The maximum absolute atomic E-state index is 13.4. The molecule has 1 spiro atoms. The Bertz CT molecular complexity index is 760. The van der Waals surface area contributed by atoms with E-state index in [0.717, 1.165) is 12.8 Å². The van der Waals surface area contributed by atoms with E-state index in [0.29, 0.717) is 6.42 Å². The van der Waals surface area contributed by atoms with E-state index in [4.69, 9.17) is 4.74 Å². The Labute approximate surface area is 170 Å². The molecule has 162 valence electrons. The molecule has 0 heterocycles. The van der Waals surface area contributed by atoms with E-state index >= 15 is 0 Å². The van der Waals surface area contributed by atoms with E-state index < -0.39 is 58.8 Å². The summed E-state index contributed by atoms with van der Waals surface area (Å²) in [5.41, 5.74) is -2.64. The predicted octanol–water partition coefficient (Wildman–Crippen LogP) is 0.581. The largest absolute Gasteiger partial charge is 0.465 e. The second kappa shape index (κ2) is 6.36. The quantitative estimate of drug-likeness (QED) is 0.389. The van der Waals surface area contributed by atoms with Gasteiger partial charge in [-0.2, -0.15) is 0 Å². The van der Waals surface area contributed by atoms with E-state index in [9.17, 15) is 30.0 Å². The molecule has 0 saturated heterocycles. The van der Waals surface area contributed by atoms with Crippen molar-refractivity contribution in [2.75, 3.05) is 6.61 Å². The van der Waals surface area contributed by atoms with Gasteiger partial charge in [0.2, 0.25) is 0 Å². The van der Waals surface area contributed by atoms with E-state index in [1.807, 2.05) is 0 Å². The number of hydrogen-bond acceptors (Lipinski definition) is 7. The fourth-order valence-corrected chi connectivity index (χ4v) is 7.68. The van der Waals surface area contributed by atoms with Crippen LogP contribution in [0.1, 0.15) is 46.5 Å². The zero-order chi connectivity index (χ0) is 21.5. The standard InChI is InChI=1S/C22H32O7/c1-10-14-15(25)16(26)17-21(9-29-11(2)23)7-5-6-20(3,4)12(21)8-13(24)22(17,18(10)27)19(14)28/h12-17,19,24-26,28H,1,5-9H2,2-4H3/t12-,13-,14-,15-,16+,17+,19-,21+,22-/m1/s1. The van der Waals surface area contributed by atoms with Gasteiger partial charge in [0.05, 0.1) is 36.4 Å². The van der Waals surface area contributed by atoms with Crippen molar-refractivity contribution in [2.24, 2.45) is 34.0 Å². The fourth-order valence-electron chi connectivity index (χ4n) is 7.68. The first-order chi connectivity index (χ1) is 13.4. The average molecular weight is 408 g/mol. The van der Waals surface area contributed by atoms with Gasteiger partial charge in [-0.15, -0.1) is 0 Å². The van der Waals surface area contributed by atoms with E-state index in [1.165, 1.54) is 6.92 Å². The molecule has 0 aromatic rings. The number of esters is 1. The van der Waals surface area contributed by atoms with Crippen molar-refractivity contribution in [3.8, 4) is 0 Å². The molecule has 4 saturated carbocycles. The van der Waals surface area contributed by atoms with Gasteiger partial charge in [-0.05, 0) is 36.2 Å². The number of fused-ring (bicyclic) bond motifs is 3. The van der Waals surface area contributed by atoms with Crippen LogP contribution in [0.3, 0.4) is 0 Å². The highest BCUT2D eigenvalue weighted by Gasteiger charge is 2.78. The molecule has 4 N–H and O–H groups in total. The molecule has 0 amide bonds. The summed E-state index contributed by atoms with van der Waals surface area (Å²) in [6.45, 7) is 9.26. The Balaban J connectivity index is 1.95. The molecule has 0 radical (unpaired) electrons. The number of aliphatic hydroxyl groups is 4. The lowest BCUT2D eigenvalue weighted by Gasteiger charge is -2.66. The predicted molar refractivity (Wildman–Crippen MR) is 102 cm³/mol. The number of ketones is 1. The summed E-state index contributed by atoms with van der Waals surface area (Å²) in [6, 6.07) is 0. The first-order valence-electron chi connectivity index (χ1n) is 10.5. The van der Waals surface area contributed by atoms with Gasteiger partial charge in [-0.3, -0.25) is 9.59 Å². The van der Waals surface area contributed by atoms with Gasteiger partial charge >= 0.3 is 5.97 Å². The third kappa shape index (κ3) is 2.39. The fraction of sp³-hybridized carbons (Fsp3) is 0.818. The van der Waals surface area contributed by atoms with Crippen LogP contribution in [0.5, 0.6) is 0 Å². The number of carbonyl (C=O) groups is 2. The van der Waals surface area contributed by atoms with Crippen LogP contribution in [0.15, 0.2) is 12.2 Å². The van der Waals surface area contributed by atoms with Crippen LogP contribution >= 0.6 is 0 Å². The highest BCUT2D eigenvalue weighted by molar-refractivity contribution is 6.05. The van der Waals surface area contributed by atoms with Crippen molar-refractivity contribution in [2.45, 2.75) is 70.9 Å². The molecule has 0 aliphatic heterocycles. The number of Topliss-reactive ketones (excluding diaryl/α,β-unsaturated/α-hetero) is 1. The number of rotatable bonds is 2. The number of ether oxygens (including phenoxy) is 1. The first-order valence-corrected chi connectivity index (χ1v) is 10.5. The lowest BCUT2D eigenvalue weighted by Crippen LogP contribution is -2.74. The molecule has 0 aromatic heterocycles. The van der Waals surface area contributed by atoms with Crippen molar-refractivity contribution in [3.05, 3.63) is 12.2 Å². The lowest BCUT2D eigenvalue weighted by atomic mass is 9.38. The van der Waals surface area contributed by atoms with Crippen LogP contribution in [0.4, 0.5) is 0 Å². The minimum absolute atomic E-state index is 0.0174. The number of hydrogen-bond donors (Lipinski definition) is 4. The van der Waals surface area contributed by atoms with Gasteiger partial charge in [-0.25, -0.2) is 0 Å². The van der Waals surface area contributed by atoms with Crippen molar-refractivity contribution >= 4 is 11.8 Å². The molecular weight excluding hydrogens is 376 g/mol. The third-order valence-corrected chi connectivity index (χ3v) is 8.77. The Kier molecular flexibility index (Phi) is 4.60. The molecule has 7 nitrogen and oxygen atoms in total. The van der Waals surface area contributed by atoms with Gasteiger partial charge in [0.1, 0.15) is 0 Å². The van der Waals surface area contributed by atoms with E-state index in [2.05, 4.69) is 20.4 Å². The van der Waals surface area contributed by atoms with Gasteiger partial charge in [0, 0.05) is 24.2 Å². The van der Waals surface area contributed by atoms with Crippen LogP contribution < -0.4 is 0 Å². The topological polar surface area (TPSA) is 124 Å². The van der Waals surface area contributed by atoms with Gasteiger partial charge in [-0.1, -0.05) is 26.8 Å². The SMILES string of the molecule is C=C1C(=O)[C@@]23[C@H](O)C[C@@H]4C(C)(C)CCC[C@@]4(COC(C)=O)[C@@H]2[C@@H](O)[C@H](O)[C@@H]1[C@H]3O. The molecule has 4 fully saturated rings. The molecule has 4 aliphatic carbocycles. The Morgan fingerprint density at radius 2 is 1.83 bits per heavy atom. The van der Waals surface area contributed by atoms with Crippen LogP contribution in [0.25, 0.3) is 0 Å². The molecule has 4 aliphatic rings. The van der Waals surface area contributed by atoms with Gasteiger partial charge in [0.25, 0.3) is 0 Å². The van der Waals surface area contributed by atoms with Crippen molar-refractivity contribution in [3.63, 3.8) is 0 Å². The molecule has 0 aromatic carbocycles. The third-order valence-electron chi connectivity index (χ3n) is 8.77. The summed E-state index contributed by atoms with van der Waals surface area (Å²) in [5.74, 6) is -3.03. The zero-order valence-corrected chi connectivity index (χ0v) is 17.3. The number of carbonyl (C=O) groups excluding carboxylic acids is 2. The van der Waals surface area contributed by atoms with E-state index in [1.54, 1.807) is 0 Å². The summed E-state index contributed by atoms with van der Waals surface area (Å²) >= 11 is 0. The second-order valence-corrected chi connectivity index (χ2v) is 10.4. The zero-order valence-electron chi connectivity index (χ0n) is 17.3. The van der Waals surface area contributed by atoms with Crippen LogP contribution in [-0.2, 0) is 14.3 Å². The molecule has 7 heteroatoms. The normalized spacial score (nSPS) is 50.7. The molecular formula is C22H32O7. The highest BCUT2D eigenvalue weighted by Crippen LogP contribution is 2.71. The maximum Gasteiger partial charge on any atom is 0.302 e. The first kappa shape index (κ1) is 21.0. The molecule has 2 bridgehead atoms. The molecule has 0 unspecified atom stereocenters. The number of aliphatic hydroxyl groups excluding tert-OH is 4. The summed E-state index contributed by atoms with van der Waals surface area (Å²) < 4.78 is 5.47. The van der Waals surface area contributed by atoms with Crippen LogP contribution in [0, 0.1) is 34.0 Å². The minimum atomic E-state index is -1.63. The molecule has 4 rings (SSSR count). The van der Waals surface area contributed by atoms with Crippen LogP contribution in [-0.4, -0.2) is 63.2 Å². The summed E-state index contributed by atoms with van der Waals surface area (Å²) in [4.78, 5) is 25.1. The molecule has 9 atom stereocenters. The van der Waals surface area contributed by atoms with E-state index in [-0.39, 0.29) is 29.9 Å². The highest BCUT2D eigenvalue weighted by atomic mass is 16.5. The van der Waals surface area contributed by atoms with Crippen molar-refractivity contribution in [1.29, 1.82) is 0 Å². The van der Waals surface area contributed by atoms with Gasteiger partial charge < -0.3 is 25.2 Å². The monoisotopic (exact) mass is 408 g/mol. The maximum atomic E-state index is 13.4. The van der Waals surface area contributed by atoms with Crippen molar-refractivity contribution in [1.82, 2.24) is 0 Å². The smallest absolute Gasteiger partial charge is 0.302 e. The van der Waals surface area contributed by atoms with Gasteiger partial charge in [0.15, 0.2) is 5.78 Å². The Morgan fingerprint density at radius 3 is 2.45 bits per heavy atom. The Morgan fingerprint density at radius 1 is 1.17 bits per heavy atom. The minimum Gasteiger partial charge on any atom is -0.465 e. The summed E-state index contributed by atoms with van der Waals surface area (Å²) in [6.07, 6.45) is -2.68. The average Bonchev–Trinajstić information content (AvgIpc) is 2.78. The Hall–Kier alpha value is -1.28. The molecule has 29 heavy (non-hydrogen) atoms. The summed E-state index contributed by atoms with van der Waals surface area (Å²) in [5, 5.41) is 44.6.